The van der Waals surface area contributed by atoms with Crippen LogP contribution in [-0.2, 0) is 4.79 Å². The summed E-state index contributed by atoms with van der Waals surface area (Å²) in [5.74, 6) is -0.450. The molecule has 1 amide bonds. The van der Waals surface area contributed by atoms with Gasteiger partial charge in [0.15, 0.2) is 0 Å². The predicted octanol–water partition coefficient (Wildman–Crippen LogP) is 6.36. The van der Waals surface area contributed by atoms with Gasteiger partial charge in [0.1, 0.15) is 11.6 Å². The van der Waals surface area contributed by atoms with Crippen molar-refractivity contribution in [3.63, 3.8) is 0 Å². The Bertz CT molecular complexity index is 1170. The quantitative estimate of drug-likeness (QED) is 0.357. The van der Waals surface area contributed by atoms with E-state index in [0.717, 1.165) is 32.7 Å². The number of nitrogens with one attached hydrogen (secondary N) is 1. The van der Waals surface area contributed by atoms with Crippen LogP contribution in [0.15, 0.2) is 58.6 Å². The van der Waals surface area contributed by atoms with Crippen LogP contribution in [0.5, 0.6) is 0 Å². The Balaban J connectivity index is 1.98. The average molecular weight is 469 g/mol. The molecule has 1 N–H and O–H groups in total. The fraction of sp³-hybridized carbons (Fsp3) is 0.130. The van der Waals surface area contributed by atoms with Gasteiger partial charge in [-0.1, -0.05) is 39.7 Å². The largest absolute Gasteiger partial charge is 0.321 e. The van der Waals surface area contributed by atoms with Gasteiger partial charge in [0.25, 0.3) is 5.91 Å². The second kappa shape index (κ2) is 8.69. The van der Waals surface area contributed by atoms with Crippen molar-refractivity contribution in [2.45, 2.75) is 20.8 Å². The van der Waals surface area contributed by atoms with E-state index in [1.165, 1.54) is 0 Å². The van der Waals surface area contributed by atoms with Crippen LogP contribution in [0.4, 0.5) is 5.69 Å². The molecule has 1 heterocycles. The standard InChI is InChI=1S/C23H19BrClN3O/c1-14-10-17(16(3)28(14)22-9-5-8-21(25)15(22)2)11-18(13-26)23(29)27-20-7-4-6-19(24)12-20/h4-12H,1-3H3,(H,27,29)/b18-11-. The van der Waals surface area contributed by atoms with Crippen molar-refractivity contribution in [3.8, 4) is 11.8 Å². The van der Waals surface area contributed by atoms with E-state index in [1.807, 2.05) is 63.2 Å². The zero-order chi connectivity index (χ0) is 21.1. The Morgan fingerprint density at radius 3 is 2.59 bits per heavy atom. The number of benzene rings is 2. The number of nitriles is 1. The molecule has 146 valence electrons. The van der Waals surface area contributed by atoms with Crippen molar-refractivity contribution in [1.82, 2.24) is 4.57 Å². The average Bonchev–Trinajstić information content (AvgIpc) is 2.95. The highest BCUT2D eigenvalue weighted by atomic mass is 79.9. The molecule has 6 heteroatoms. The number of hydrogen-bond donors (Lipinski definition) is 1. The fourth-order valence-corrected chi connectivity index (χ4v) is 3.78. The monoisotopic (exact) mass is 467 g/mol. The van der Waals surface area contributed by atoms with E-state index in [4.69, 9.17) is 11.6 Å². The van der Waals surface area contributed by atoms with Crippen LogP contribution < -0.4 is 5.32 Å². The van der Waals surface area contributed by atoms with Crippen molar-refractivity contribution < 1.29 is 4.79 Å². The lowest BCUT2D eigenvalue weighted by Gasteiger charge is -2.13. The third-order valence-electron chi connectivity index (χ3n) is 4.70. The minimum atomic E-state index is -0.450. The summed E-state index contributed by atoms with van der Waals surface area (Å²) in [5.41, 5.74) is 5.32. The molecule has 0 aliphatic rings. The zero-order valence-corrected chi connectivity index (χ0v) is 18.6. The highest BCUT2D eigenvalue weighted by Crippen LogP contribution is 2.28. The number of anilines is 1. The van der Waals surface area contributed by atoms with E-state index in [9.17, 15) is 10.1 Å². The molecule has 0 unspecified atom stereocenters. The summed E-state index contributed by atoms with van der Waals surface area (Å²) in [6, 6.07) is 17.0. The summed E-state index contributed by atoms with van der Waals surface area (Å²) in [6.45, 7) is 5.91. The molecule has 0 aliphatic heterocycles. The summed E-state index contributed by atoms with van der Waals surface area (Å²) in [6.07, 6.45) is 1.62. The molecule has 0 saturated carbocycles. The predicted molar refractivity (Wildman–Crippen MR) is 121 cm³/mol. The van der Waals surface area contributed by atoms with Crippen LogP contribution in [0, 0.1) is 32.1 Å². The molecule has 0 bridgehead atoms. The molecule has 0 atom stereocenters. The number of aromatic nitrogens is 1. The summed E-state index contributed by atoms with van der Waals surface area (Å²) in [5, 5.41) is 13.0. The molecule has 4 nitrogen and oxygen atoms in total. The third kappa shape index (κ3) is 4.45. The van der Waals surface area contributed by atoms with Crippen LogP contribution in [0.25, 0.3) is 11.8 Å². The maximum Gasteiger partial charge on any atom is 0.266 e. The van der Waals surface area contributed by atoms with Gasteiger partial charge in [-0.05, 0) is 74.4 Å². The fourth-order valence-electron chi connectivity index (χ4n) is 3.21. The molecule has 0 fully saturated rings. The molecule has 3 aromatic rings. The molecule has 0 aliphatic carbocycles. The van der Waals surface area contributed by atoms with Crippen molar-refractivity contribution in [2.75, 3.05) is 5.32 Å². The van der Waals surface area contributed by atoms with Crippen LogP contribution in [-0.4, -0.2) is 10.5 Å². The Morgan fingerprint density at radius 1 is 1.17 bits per heavy atom. The van der Waals surface area contributed by atoms with Crippen LogP contribution in [0.1, 0.15) is 22.5 Å². The van der Waals surface area contributed by atoms with E-state index >= 15 is 0 Å². The first-order valence-electron chi connectivity index (χ1n) is 8.95. The first-order chi connectivity index (χ1) is 13.8. The van der Waals surface area contributed by atoms with Gasteiger partial charge < -0.3 is 9.88 Å². The van der Waals surface area contributed by atoms with E-state index in [1.54, 1.807) is 18.2 Å². The number of nitrogens with zero attached hydrogens (tertiary/aromatic N) is 2. The van der Waals surface area contributed by atoms with Crippen LogP contribution >= 0.6 is 27.5 Å². The Morgan fingerprint density at radius 2 is 1.90 bits per heavy atom. The van der Waals surface area contributed by atoms with Crippen LogP contribution in [0.2, 0.25) is 5.02 Å². The van der Waals surface area contributed by atoms with Gasteiger partial charge >= 0.3 is 0 Å². The lowest BCUT2D eigenvalue weighted by atomic mass is 10.1. The summed E-state index contributed by atoms with van der Waals surface area (Å²) >= 11 is 9.66. The number of carbonyl (C=O) groups is 1. The van der Waals surface area contributed by atoms with E-state index in [-0.39, 0.29) is 5.57 Å². The van der Waals surface area contributed by atoms with Gasteiger partial charge in [-0.15, -0.1) is 0 Å². The van der Waals surface area contributed by atoms with E-state index in [0.29, 0.717) is 10.7 Å². The Hall–Kier alpha value is -2.81. The normalized spacial score (nSPS) is 11.2. The number of carbonyl (C=O) groups excluding carboxylic acids is 1. The molecule has 2 aromatic carbocycles. The summed E-state index contributed by atoms with van der Waals surface area (Å²) in [7, 11) is 0. The van der Waals surface area contributed by atoms with Gasteiger partial charge in [0, 0.05) is 32.3 Å². The third-order valence-corrected chi connectivity index (χ3v) is 5.60. The highest BCUT2D eigenvalue weighted by molar-refractivity contribution is 9.10. The Labute approximate surface area is 183 Å². The molecule has 3 rings (SSSR count). The van der Waals surface area contributed by atoms with E-state index < -0.39 is 5.91 Å². The van der Waals surface area contributed by atoms with Gasteiger partial charge in [-0.2, -0.15) is 5.26 Å². The van der Waals surface area contributed by atoms with Crippen LogP contribution in [0.3, 0.4) is 0 Å². The number of amides is 1. The number of halogens is 2. The summed E-state index contributed by atoms with van der Waals surface area (Å²) in [4.78, 5) is 12.6. The minimum Gasteiger partial charge on any atom is -0.321 e. The van der Waals surface area contributed by atoms with E-state index in [2.05, 4.69) is 25.8 Å². The van der Waals surface area contributed by atoms with Gasteiger partial charge in [0.05, 0.1) is 0 Å². The van der Waals surface area contributed by atoms with Gasteiger partial charge in [-0.25, -0.2) is 0 Å². The number of hydrogen-bond acceptors (Lipinski definition) is 2. The number of aryl methyl sites for hydroxylation is 1. The highest BCUT2D eigenvalue weighted by Gasteiger charge is 2.15. The first-order valence-corrected chi connectivity index (χ1v) is 10.1. The smallest absolute Gasteiger partial charge is 0.266 e. The second-order valence-corrected chi connectivity index (χ2v) is 8.00. The molecule has 1 aromatic heterocycles. The Kier molecular flexibility index (Phi) is 6.26. The minimum absolute atomic E-state index is 0.0352. The topological polar surface area (TPSA) is 57.8 Å². The van der Waals surface area contributed by atoms with Crippen molar-refractivity contribution >= 4 is 45.2 Å². The molecule has 0 radical (unpaired) electrons. The zero-order valence-electron chi connectivity index (χ0n) is 16.3. The van der Waals surface area contributed by atoms with Crippen molar-refractivity contribution in [1.29, 1.82) is 5.26 Å². The number of rotatable bonds is 4. The molecule has 29 heavy (non-hydrogen) atoms. The van der Waals surface area contributed by atoms with Crippen molar-refractivity contribution in [2.24, 2.45) is 0 Å². The second-order valence-electron chi connectivity index (χ2n) is 6.68. The lowest BCUT2D eigenvalue weighted by molar-refractivity contribution is -0.112. The molecular formula is C23H19BrClN3O. The lowest BCUT2D eigenvalue weighted by Crippen LogP contribution is -2.13. The molecule has 0 spiro atoms. The van der Waals surface area contributed by atoms with Gasteiger partial charge in [-0.3, -0.25) is 4.79 Å². The van der Waals surface area contributed by atoms with Gasteiger partial charge in [0.2, 0.25) is 0 Å². The van der Waals surface area contributed by atoms with Crippen molar-refractivity contribution in [3.05, 3.63) is 86.1 Å². The SMILES string of the molecule is Cc1c(Cl)cccc1-n1c(C)cc(/C=C(/C#N)C(=O)Nc2cccc(Br)c2)c1C. The maximum atomic E-state index is 12.6. The first kappa shape index (κ1) is 20.9. The molecular weight excluding hydrogens is 450 g/mol. The maximum absolute atomic E-state index is 12.6. The summed E-state index contributed by atoms with van der Waals surface area (Å²) < 4.78 is 2.92. The molecule has 0 saturated heterocycles.